The standard InChI is InChI=1S/C26H22F3N3O2S/c1-17-4-2-7-20(14-17)31-10-12-32(13-11-31)25-30-24(33)23(35-25)16-21-8-9-22(34-21)18-5-3-6-19(15-18)26(27,28)29/h2-9,14-16H,10-13H2,1H3/b23-16+. The summed E-state index contributed by atoms with van der Waals surface area (Å²) in [5.41, 5.74) is 1.98. The molecule has 1 fully saturated rings. The second kappa shape index (κ2) is 9.30. The van der Waals surface area contributed by atoms with Gasteiger partial charge in [-0.25, -0.2) is 0 Å². The van der Waals surface area contributed by atoms with Crippen LogP contribution in [0.2, 0.25) is 0 Å². The molecular formula is C26H22F3N3O2S. The van der Waals surface area contributed by atoms with Crippen molar-refractivity contribution in [1.29, 1.82) is 0 Å². The number of alkyl halides is 3. The van der Waals surface area contributed by atoms with Gasteiger partial charge in [0.1, 0.15) is 11.5 Å². The number of carbonyl (C=O) groups is 1. The number of furan rings is 1. The quantitative estimate of drug-likeness (QED) is 0.412. The monoisotopic (exact) mass is 497 g/mol. The van der Waals surface area contributed by atoms with Gasteiger partial charge >= 0.3 is 6.18 Å². The zero-order valence-electron chi connectivity index (χ0n) is 18.9. The summed E-state index contributed by atoms with van der Waals surface area (Å²) in [4.78, 5) is 21.6. The molecule has 0 N–H and O–H groups in total. The number of hydrogen-bond acceptors (Lipinski definition) is 5. The van der Waals surface area contributed by atoms with Gasteiger partial charge in [-0.05, 0) is 60.6 Å². The third kappa shape index (κ3) is 5.14. The Morgan fingerprint density at radius 2 is 1.71 bits per heavy atom. The van der Waals surface area contributed by atoms with Crippen molar-refractivity contribution < 1.29 is 22.4 Å². The molecule has 180 valence electrons. The van der Waals surface area contributed by atoms with Crippen molar-refractivity contribution >= 4 is 34.6 Å². The van der Waals surface area contributed by atoms with Crippen LogP contribution in [0.5, 0.6) is 0 Å². The number of piperazine rings is 1. The van der Waals surface area contributed by atoms with Crippen molar-refractivity contribution in [3.63, 3.8) is 0 Å². The van der Waals surface area contributed by atoms with Crippen molar-refractivity contribution in [2.24, 2.45) is 4.99 Å². The van der Waals surface area contributed by atoms with Crippen LogP contribution < -0.4 is 4.90 Å². The van der Waals surface area contributed by atoms with Gasteiger partial charge in [-0.1, -0.05) is 24.3 Å². The highest BCUT2D eigenvalue weighted by atomic mass is 32.2. The Morgan fingerprint density at radius 1 is 0.971 bits per heavy atom. The first-order chi connectivity index (χ1) is 16.8. The van der Waals surface area contributed by atoms with Gasteiger partial charge in [0.15, 0.2) is 5.17 Å². The first-order valence-electron chi connectivity index (χ1n) is 11.1. The van der Waals surface area contributed by atoms with Crippen molar-refractivity contribution in [2.45, 2.75) is 13.1 Å². The van der Waals surface area contributed by atoms with Crippen molar-refractivity contribution in [3.05, 3.63) is 82.5 Å². The molecule has 3 aromatic rings. The lowest BCUT2D eigenvalue weighted by Crippen LogP contribution is -2.47. The molecule has 2 aliphatic rings. The number of amidine groups is 1. The summed E-state index contributed by atoms with van der Waals surface area (Å²) in [5.74, 6) is 0.337. The summed E-state index contributed by atoms with van der Waals surface area (Å²) in [6, 6.07) is 16.6. The molecule has 5 nitrogen and oxygen atoms in total. The van der Waals surface area contributed by atoms with Crippen LogP contribution in [-0.4, -0.2) is 42.2 Å². The number of amides is 1. The summed E-state index contributed by atoms with van der Waals surface area (Å²) >= 11 is 1.29. The van der Waals surface area contributed by atoms with Crippen LogP contribution in [0.15, 0.2) is 75.0 Å². The maximum absolute atomic E-state index is 13.0. The number of aryl methyl sites for hydroxylation is 1. The highest BCUT2D eigenvalue weighted by Gasteiger charge is 2.31. The van der Waals surface area contributed by atoms with Crippen LogP contribution in [-0.2, 0) is 11.0 Å². The van der Waals surface area contributed by atoms with Gasteiger partial charge in [0.25, 0.3) is 5.91 Å². The molecule has 35 heavy (non-hydrogen) atoms. The minimum atomic E-state index is -4.43. The molecular weight excluding hydrogens is 475 g/mol. The fourth-order valence-corrected chi connectivity index (χ4v) is 5.02. The number of thioether (sulfide) groups is 1. The number of aliphatic imine (C=N–C) groups is 1. The summed E-state index contributed by atoms with van der Waals surface area (Å²) in [7, 11) is 0. The van der Waals surface area contributed by atoms with E-state index in [0.29, 0.717) is 27.2 Å². The van der Waals surface area contributed by atoms with Crippen LogP contribution in [0.25, 0.3) is 17.4 Å². The van der Waals surface area contributed by atoms with Gasteiger partial charge in [-0.3, -0.25) is 4.79 Å². The predicted octanol–water partition coefficient (Wildman–Crippen LogP) is 6.07. The van der Waals surface area contributed by atoms with E-state index in [2.05, 4.69) is 46.0 Å². The van der Waals surface area contributed by atoms with Gasteiger partial charge < -0.3 is 14.2 Å². The Balaban J connectivity index is 1.24. The van der Waals surface area contributed by atoms with Crippen LogP contribution in [0.3, 0.4) is 0 Å². The van der Waals surface area contributed by atoms with E-state index < -0.39 is 11.7 Å². The minimum absolute atomic E-state index is 0.298. The van der Waals surface area contributed by atoms with Gasteiger partial charge in [-0.2, -0.15) is 18.2 Å². The van der Waals surface area contributed by atoms with Crippen LogP contribution >= 0.6 is 11.8 Å². The topological polar surface area (TPSA) is 49.0 Å². The normalized spacial score (nSPS) is 17.9. The molecule has 0 unspecified atom stereocenters. The van der Waals surface area contributed by atoms with Crippen LogP contribution in [0.4, 0.5) is 18.9 Å². The molecule has 0 atom stereocenters. The Kier molecular flexibility index (Phi) is 6.19. The summed E-state index contributed by atoms with van der Waals surface area (Å²) in [6.07, 6.45) is -2.84. The molecule has 0 saturated carbocycles. The highest BCUT2D eigenvalue weighted by Crippen LogP contribution is 2.35. The highest BCUT2D eigenvalue weighted by molar-refractivity contribution is 8.18. The van der Waals surface area contributed by atoms with Crippen molar-refractivity contribution in [1.82, 2.24) is 4.90 Å². The molecule has 2 aliphatic heterocycles. The average molecular weight is 498 g/mol. The van der Waals surface area contributed by atoms with Gasteiger partial charge in [0, 0.05) is 43.5 Å². The Morgan fingerprint density at radius 3 is 2.46 bits per heavy atom. The van der Waals surface area contributed by atoms with Gasteiger partial charge in [0.2, 0.25) is 0 Å². The number of hydrogen-bond donors (Lipinski definition) is 0. The van der Waals surface area contributed by atoms with Crippen molar-refractivity contribution in [2.75, 3.05) is 31.1 Å². The van der Waals surface area contributed by atoms with E-state index in [1.165, 1.54) is 29.1 Å². The summed E-state index contributed by atoms with van der Waals surface area (Å²) < 4.78 is 44.8. The Labute approximate surface area is 204 Å². The van der Waals surface area contributed by atoms with Crippen molar-refractivity contribution in [3.8, 4) is 11.3 Å². The third-order valence-electron chi connectivity index (χ3n) is 5.90. The summed E-state index contributed by atoms with van der Waals surface area (Å²) in [5, 5.41) is 0.662. The van der Waals surface area contributed by atoms with E-state index >= 15 is 0 Å². The van der Waals surface area contributed by atoms with E-state index in [9.17, 15) is 18.0 Å². The molecule has 1 saturated heterocycles. The number of benzene rings is 2. The second-order valence-corrected chi connectivity index (χ2v) is 9.41. The molecule has 1 aromatic heterocycles. The molecule has 5 rings (SSSR count). The van der Waals surface area contributed by atoms with Gasteiger partial charge in [-0.15, -0.1) is 0 Å². The molecule has 0 aliphatic carbocycles. The van der Waals surface area contributed by atoms with E-state index in [0.717, 1.165) is 38.3 Å². The SMILES string of the molecule is Cc1cccc(N2CCN(C3=NC(=O)/C(=C\c4ccc(-c5cccc(C(F)(F)F)c5)o4)S3)CC2)c1. The molecule has 0 radical (unpaired) electrons. The first kappa shape index (κ1) is 23.3. The number of anilines is 1. The minimum Gasteiger partial charge on any atom is -0.457 e. The Hall–Kier alpha value is -3.46. The maximum Gasteiger partial charge on any atom is 0.416 e. The number of nitrogens with zero attached hydrogens (tertiary/aromatic N) is 3. The van der Waals surface area contributed by atoms with E-state index in [4.69, 9.17) is 4.42 Å². The van der Waals surface area contributed by atoms with Gasteiger partial charge in [0.05, 0.1) is 10.5 Å². The molecule has 1 amide bonds. The lowest BCUT2D eigenvalue weighted by Gasteiger charge is -2.36. The fraction of sp³-hybridized carbons (Fsp3) is 0.231. The predicted molar refractivity (Wildman–Crippen MR) is 132 cm³/mol. The summed E-state index contributed by atoms with van der Waals surface area (Å²) in [6.45, 7) is 5.23. The van der Waals surface area contributed by atoms with Crippen LogP contribution in [0, 0.1) is 6.92 Å². The lowest BCUT2D eigenvalue weighted by molar-refractivity contribution is -0.137. The number of halogens is 3. The van der Waals surface area contributed by atoms with E-state index in [1.54, 1.807) is 24.3 Å². The maximum atomic E-state index is 13.0. The molecule has 0 spiro atoms. The Bertz CT molecular complexity index is 1320. The smallest absolute Gasteiger partial charge is 0.416 e. The fourth-order valence-electron chi connectivity index (χ4n) is 4.08. The largest absolute Gasteiger partial charge is 0.457 e. The molecule has 2 aromatic carbocycles. The first-order valence-corrected chi connectivity index (χ1v) is 11.9. The van der Waals surface area contributed by atoms with E-state index in [-0.39, 0.29) is 5.91 Å². The molecule has 0 bridgehead atoms. The average Bonchev–Trinajstić information content (AvgIpc) is 3.46. The lowest BCUT2D eigenvalue weighted by atomic mass is 10.1. The molecule has 9 heteroatoms. The van der Waals surface area contributed by atoms with E-state index in [1.807, 2.05) is 0 Å². The number of carbonyl (C=O) groups excluding carboxylic acids is 1. The second-order valence-electron chi connectivity index (χ2n) is 8.40. The third-order valence-corrected chi connectivity index (χ3v) is 6.95. The zero-order chi connectivity index (χ0) is 24.6. The van der Waals surface area contributed by atoms with Crippen LogP contribution in [0.1, 0.15) is 16.9 Å². The number of rotatable bonds is 3. The molecule has 3 heterocycles. The zero-order valence-corrected chi connectivity index (χ0v) is 19.7.